The summed E-state index contributed by atoms with van der Waals surface area (Å²) in [5, 5.41) is 3.32. The van der Waals surface area contributed by atoms with Crippen molar-refractivity contribution in [3.05, 3.63) is 0 Å². The molecule has 0 unspecified atom stereocenters. The van der Waals surface area contributed by atoms with E-state index in [2.05, 4.69) is 5.32 Å². The van der Waals surface area contributed by atoms with Crippen molar-refractivity contribution in [2.75, 3.05) is 13.1 Å². The molecule has 0 aliphatic heterocycles. The number of aldehydes is 1. The van der Waals surface area contributed by atoms with Gasteiger partial charge in [-0.3, -0.25) is 0 Å². The molecule has 1 N–H and O–H groups in total. The van der Waals surface area contributed by atoms with Gasteiger partial charge in [-0.1, -0.05) is 19.3 Å². The summed E-state index contributed by atoms with van der Waals surface area (Å²) in [7, 11) is 0. The molecule has 0 radical (unpaired) electrons. The van der Waals surface area contributed by atoms with Gasteiger partial charge >= 0.3 is 0 Å². The second kappa shape index (κ2) is 6.18. The van der Waals surface area contributed by atoms with Gasteiger partial charge in [-0.05, 0) is 25.3 Å². The van der Waals surface area contributed by atoms with Gasteiger partial charge in [-0.25, -0.2) is 0 Å². The van der Waals surface area contributed by atoms with E-state index in [0.29, 0.717) is 6.42 Å². The van der Waals surface area contributed by atoms with Crippen molar-refractivity contribution in [2.45, 2.75) is 38.5 Å². The highest BCUT2D eigenvalue weighted by Gasteiger charge is 2.11. The Hall–Kier alpha value is -0.370. The molecule has 1 rings (SSSR count). The molecule has 70 valence electrons. The monoisotopic (exact) mass is 169 g/mol. The summed E-state index contributed by atoms with van der Waals surface area (Å²) < 4.78 is 0. The number of rotatable bonds is 5. The van der Waals surface area contributed by atoms with Crippen molar-refractivity contribution in [1.29, 1.82) is 0 Å². The third-order valence-corrected chi connectivity index (χ3v) is 2.60. The molecule has 0 spiro atoms. The summed E-state index contributed by atoms with van der Waals surface area (Å²) >= 11 is 0. The topological polar surface area (TPSA) is 29.1 Å². The van der Waals surface area contributed by atoms with Crippen LogP contribution in [0.2, 0.25) is 0 Å². The molecular weight excluding hydrogens is 150 g/mol. The minimum Gasteiger partial charge on any atom is -0.316 e. The molecule has 1 saturated carbocycles. The maximum atomic E-state index is 10.0. The van der Waals surface area contributed by atoms with Crippen molar-refractivity contribution >= 4 is 6.29 Å². The Morgan fingerprint density at radius 1 is 1.25 bits per heavy atom. The van der Waals surface area contributed by atoms with Gasteiger partial charge in [0.25, 0.3) is 0 Å². The Morgan fingerprint density at radius 3 is 2.67 bits per heavy atom. The van der Waals surface area contributed by atoms with E-state index in [1.807, 2.05) is 0 Å². The van der Waals surface area contributed by atoms with E-state index in [1.54, 1.807) is 0 Å². The van der Waals surface area contributed by atoms with Gasteiger partial charge < -0.3 is 10.1 Å². The first kappa shape index (κ1) is 9.72. The molecule has 0 aromatic carbocycles. The fourth-order valence-corrected chi connectivity index (χ4v) is 1.86. The molecule has 2 heteroatoms. The summed E-state index contributed by atoms with van der Waals surface area (Å²) in [5.74, 6) is 0.880. The number of hydrogen-bond acceptors (Lipinski definition) is 2. The summed E-state index contributed by atoms with van der Waals surface area (Å²) in [6, 6.07) is 0. The average Bonchev–Trinajstić information content (AvgIpc) is 2.14. The summed E-state index contributed by atoms with van der Waals surface area (Å²) in [6.07, 6.45) is 8.63. The summed E-state index contributed by atoms with van der Waals surface area (Å²) in [6.45, 7) is 1.98. The van der Waals surface area contributed by atoms with E-state index in [4.69, 9.17) is 0 Å². The number of nitrogens with one attached hydrogen (secondary N) is 1. The minimum atomic E-state index is 0.659. The smallest absolute Gasteiger partial charge is 0.121 e. The Morgan fingerprint density at radius 2 is 2.00 bits per heavy atom. The van der Waals surface area contributed by atoms with Crippen LogP contribution in [0.4, 0.5) is 0 Å². The number of carbonyl (C=O) groups is 1. The van der Waals surface area contributed by atoms with Gasteiger partial charge in [0, 0.05) is 13.0 Å². The second-order valence-corrected chi connectivity index (χ2v) is 3.66. The van der Waals surface area contributed by atoms with E-state index >= 15 is 0 Å². The molecule has 0 atom stereocenters. The fourth-order valence-electron chi connectivity index (χ4n) is 1.86. The second-order valence-electron chi connectivity index (χ2n) is 3.66. The summed E-state index contributed by atoms with van der Waals surface area (Å²) in [4.78, 5) is 10.0. The van der Waals surface area contributed by atoms with E-state index in [9.17, 15) is 4.79 Å². The van der Waals surface area contributed by atoms with Crippen LogP contribution in [-0.2, 0) is 4.79 Å². The lowest BCUT2D eigenvalue weighted by atomic mass is 9.89. The predicted molar refractivity (Wildman–Crippen MR) is 50.1 cm³/mol. The first-order chi connectivity index (χ1) is 5.93. The zero-order valence-electron chi connectivity index (χ0n) is 7.72. The van der Waals surface area contributed by atoms with Gasteiger partial charge in [0.15, 0.2) is 0 Å². The molecule has 0 amide bonds. The molecule has 1 aliphatic rings. The molecule has 0 heterocycles. The number of carbonyl (C=O) groups excluding carboxylic acids is 1. The molecular formula is C10H19NO. The molecule has 1 aliphatic carbocycles. The lowest BCUT2D eigenvalue weighted by Gasteiger charge is -2.21. The predicted octanol–water partition coefficient (Wildman–Crippen LogP) is 1.75. The van der Waals surface area contributed by atoms with Crippen LogP contribution in [0.25, 0.3) is 0 Å². The Balaban J connectivity index is 1.94. The third kappa shape index (κ3) is 3.86. The van der Waals surface area contributed by atoms with Crippen molar-refractivity contribution in [1.82, 2.24) is 5.32 Å². The first-order valence-electron chi connectivity index (χ1n) is 5.08. The van der Waals surface area contributed by atoms with Crippen LogP contribution >= 0.6 is 0 Å². The zero-order valence-corrected chi connectivity index (χ0v) is 7.72. The van der Waals surface area contributed by atoms with Crippen molar-refractivity contribution in [3.63, 3.8) is 0 Å². The third-order valence-electron chi connectivity index (χ3n) is 2.60. The Kier molecular flexibility index (Phi) is 5.00. The van der Waals surface area contributed by atoms with E-state index in [0.717, 1.165) is 25.3 Å². The minimum absolute atomic E-state index is 0.659. The number of hydrogen-bond donors (Lipinski definition) is 1. The molecule has 1 fully saturated rings. The maximum Gasteiger partial charge on any atom is 0.121 e. The van der Waals surface area contributed by atoms with Crippen molar-refractivity contribution in [3.8, 4) is 0 Å². The van der Waals surface area contributed by atoms with Gasteiger partial charge in [0.05, 0.1) is 0 Å². The molecule has 0 saturated heterocycles. The molecule has 2 nitrogen and oxygen atoms in total. The SMILES string of the molecule is O=CCCNCC1CCCCC1. The van der Waals surface area contributed by atoms with Crippen LogP contribution in [0.3, 0.4) is 0 Å². The Bertz CT molecular complexity index is 119. The van der Waals surface area contributed by atoms with Crippen LogP contribution < -0.4 is 5.32 Å². The van der Waals surface area contributed by atoms with Crippen LogP contribution in [-0.4, -0.2) is 19.4 Å². The lowest BCUT2D eigenvalue weighted by molar-refractivity contribution is -0.107. The average molecular weight is 169 g/mol. The van der Waals surface area contributed by atoms with Crippen molar-refractivity contribution in [2.24, 2.45) is 5.92 Å². The lowest BCUT2D eigenvalue weighted by Crippen LogP contribution is -2.25. The van der Waals surface area contributed by atoms with Crippen LogP contribution in [0.1, 0.15) is 38.5 Å². The highest BCUT2D eigenvalue weighted by Crippen LogP contribution is 2.22. The summed E-state index contributed by atoms with van der Waals surface area (Å²) in [5.41, 5.74) is 0. The van der Waals surface area contributed by atoms with Crippen molar-refractivity contribution < 1.29 is 4.79 Å². The van der Waals surface area contributed by atoms with Gasteiger partial charge in [-0.15, -0.1) is 0 Å². The molecule has 0 bridgehead atoms. The standard InChI is InChI=1S/C10H19NO/c12-8-4-7-11-9-10-5-2-1-3-6-10/h8,10-11H,1-7,9H2. The Labute approximate surface area is 74.7 Å². The quantitative estimate of drug-likeness (QED) is 0.502. The van der Waals surface area contributed by atoms with E-state index < -0.39 is 0 Å². The zero-order chi connectivity index (χ0) is 8.65. The van der Waals surface area contributed by atoms with E-state index in [-0.39, 0.29) is 0 Å². The maximum absolute atomic E-state index is 10.0. The molecule has 0 aromatic heterocycles. The molecule has 0 aromatic rings. The first-order valence-corrected chi connectivity index (χ1v) is 5.08. The largest absolute Gasteiger partial charge is 0.316 e. The highest BCUT2D eigenvalue weighted by molar-refractivity contribution is 5.49. The van der Waals surface area contributed by atoms with Crippen LogP contribution in [0.5, 0.6) is 0 Å². The van der Waals surface area contributed by atoms with Gasteiger partial charge in [-0.2, -0.15) is 0 Å². The molecule has 12 heavy (non-hydrogen) atoms. The fraction of sp³-hybridized carbons (Fsp3) is 0.900. The van der Waals surface area contributed by atoms with Gasteiger partial charge in [0.2, 0.25) is 0 Å². The highest BCUT2D eigenvalue weighted by atomic mass is 16.1. The van der Waals surface area contributed by atoms with Crippen LogP contribution in [0.15, 0.2) is 0 Å². The van der Waals surface area contributed by atoms with E-state index in [1.165, 1.54) is 32.1 Å². The van der Waals surface area contributed by atoms with Crippen LogP contribution in [0, 0.1) is 5.92 Å². The normalized spacial score (nSPS) is 19.3. The van der Waals surface area contributed by atoms with Gasteiger partial charge in [0.1, 0.15) is 6.29 Å².